The Morgan fingerprint density at radius 3 is 2.79 bits per heavy atom. The molecule has 8 heteroatoms. The lowest BCUT2D eigenvalue weighted by atomic mass is 10.1. The van der Waals surface area contributed by atoms with Crippen molar-refractivity contribution in [1.29, 1.82) is 0 Å². The van der Waals surface area contributed by atoms with Crippen LogP contribution < -0.4 is 10.1 Å². The number of fused-ring (bicyclic) bond motifs is 1. The van der Waals surface area contributed by atoms with Crippen molar-refractivity contribution in [1.82, 2.24) is 14.8 Å². The molecule has 0 saturated heterocycles. The first kappa shape index (κ1) is 20.8. The first-order valence-corrected chi connectivity index (χ1v) is 10.7. The molecule has 0 atom stereocenters. The minimum Gasteiger partial charge on any atom is -0.485 e. The Kier molecular flexibility index (Phi) is 5.78. The number of rotatable bonds is 7. The summed E-state index contributed by atoms with van der Waals surface area (Å²) in [5.74, 6) is 1.19. The topological polar surface area (TPSA) is 82.2 Å². The van der Waals surface area contributed by atoms with Gasteiger partial charge in [0.15, 0.2) is 5.76 Å². The zero-order valence-electron chi connectivity index (χ0n) is 17.4. The maximum atomic E-state index is 12.5. The second-order valence-electron chi connectivity index (χ2n) is 7.38. The third kappa shape index (κ3) is 4.88. The fourth-order valence-electron chi connectivity index (χ4n) is 3.46. The van der Waals surface area contributed by atoms with E-state index in [1.807, 2.05) is 66.7 Å². The van der Waals surface area contributed by atoms with Crippen LogP contribution in [-0.2, 0) is 13.2 Å². The van der Waals surface area contributed by atoms with Gasteiger partial charge in [0.25, 0.3) is 5.91 Å². The zero-order valence-corrected chi connectivity index (χ0v) is 18.2. The Morgan fingerprint density at radius 1 is 1.03 bits per heavy atom. The van der Waals surface area contributed by atoms with Crippen LogP contribution in [0.2, 0.25) is 5.02 Å². The van der Waals surface area contributed by atoms with Crippen LogP contribution in [0.25, 0.3) is 10.8 Å². The summed E-state index contributed by atoms with van der Waals surface area (Å²) in [7, 11) is 0. The summed E-state index contributed by atoms with van der Waals surface area (Å²) in [5.41, 5.74) is 0.979. The molecule has 5 aromatic rings. The molecular formula is C25H19ClN4O3. The lowest BCUT2D eigenvalue weighted by Gasteiger charge is -2.07. The first-order chi connectivity index (χ1) is 16.1. The molecule has 0 saturated carbocycles. The third-order valence-electron chi connectivity index (χ3n) is 5.00. The van der Waals surface area contributed by atoms with E-state index in [2.05, 4.69) is 15.4 Å². The second kappa shape index (κ2) is 9.18. The van der Waals surface area contributed by atoms with Gasteiger partial charge in [0, 0.05) is 10.4 Å². The van der Waals surface area contributed by atoms with Gasteiger partial charge >= 0.3 is 0 Å². The van der Waals surface area contributed by atoms with Gasteiger partial charge in [-0.05, 0) is 41.3 Å². The standard InChI is InChI=1S/C25H19ClN4O3/c26-19-8-3-5-17(13-19)14-30-16-27-25(29-30)28-24(31)23-12-11-20(33-23)15-32-22-10-4-7-18-6-1-2-9-21(18)22/h1-13,16H,14-15H2,(H,28,29,31). The minimum atomic E-state index is -0.438. The summed E-state index contributed by atoms with van der Waals surface area (Å²) < 4.78 is 13.2. The van der Waals surface area contributed by atoms with Gasteiger partial charge in [0.05, 0.1) is 6.54 Å². The van der Waals surface area contributed by atoms with E-state index in [1.165, 1.54) is 0 Å². The molecule has 2 heterocycles. The van der Waals surface area contributed by atoms with Crippen LogP contribution in [-0.4, -0.2) is 20.7 Å². The van der Waals surface area contributed by atoms with Crippen LogP contribution in [0.4, 0.5) is 5.95 Å². The predicted octanol–water partition coefficient (Wildman–Crippen LogP) is 5.56. The number of anilines is 1. The fraction of sp³-hybridized carbons (Fsp3) is 0.0800. The van der Waals surface area contributed by atoms with Crippen LogP contribution >= 0.6 is 11.6 Å². The van der Waals surface area contributed by atoms with Crippen molar-refractivity contribution in [3.8, 4) is 5.75 Å². The molecule has 0 spiro atoms. The van der Waals surface area contributed by atoms with E-state index in [4.69, 9.17) is 20.8 Å². The van der Waals surface area contributed by atoms with Crippen molar-refractivity contribution in [3.63, 3.8) is 0 Å². The van der Waals surface area contributed by atoms with E-state index in [0.29, 0.717) is 17.3 Å². The van der Waals surface area contributed by atoms with E-state index in [0.717, 1.165) is 22.1 Å². The van der Waals surface area contributed by atoms with Crippen LogP contribution in [0.15, 0.2) is 89.6 Å². The quantitative estimate of drug-likeness (QED) is 0.345. The largest absolute Gasteiger partial charge is 0.485 e. The number of benzene rings is 3. The molecule has 164 valence electrons. The fourth-order valence-corrected chi connectivity index (χ4v) is 3.67. The number of carbonyl (C=O) groups is 1. The van der Waals surface area contributed by atoms with E-state index in [-0.39, 0.29) is 18.3 Å². The number of hydrogen-bond donors (Lipinski definition) is 1. The van der Waals surface area contributed by atoms with E-state index < -0.39 is 5.91 Å². The van der Waals surface area contributed by atoms with Crippen molar-refractivity contribution < 1.29 is 13.9 Å². The lowest BCUT2D eigenvalue weighted by Crippen LogP contribution is -2.12. The third-order valence-corrected chi connectivity index (χ3v) is 5.24. The van der Waals surface area contributed by atoms with Gasteiger partial charge in [0.1, 0.15) is 24.4 Å². The summed E-state index contributed by atoms with van der Waals surface area (Å²) >= 11 is 6.02. The molecule has 0 aliphatic heterocycles. The number of nitrogens with zero attached hydrogens (tertiary/aromatic N) is 3. The van der Waals surface area contributed by atoms with Crippen LogP contribution in [0.1, 0.15) is 21.9 Å². The van der Waals surface area contributed by atoms with Gasteiger partial charge in [-0.25, -0.2) is 9.67 Å². The Morgan fingerprint density at radius 2 is 1.88 bits per heavy atom. The first-order valence-electron chi connectivity index (χ1n) is 10.3. The second-order valence-corrected chi connectivity index (χ2v) is 7.82. The molecule has 7 nitrogen and oxygen atoms in total. The number of ether oxygens (including phenoxy) is 1. The molecule has 33 heavy (non-hydrogen) atoms. The maximum Gasteiger partial charge on any atom is 0.293 e. The number of hydrogen-bond acceptors (Lipinski definition) is 5. The molecule has 0 radical (unpaired) electrons. The van der Waals surface area contributed by atoms with Crippen LogP contribution in [0, 0.1) is 0 Å². The molecular weight excluding hydrogens is 440 g/mol. The highest BCUT2D eigenvalue weighted by Crippen LogP contribution is 2.26. The summed E-state index contributed by atoms with van der Waals surface area (Å²) in [6.45, 7) is 0.688. The molecule has 3 aromatic carbocycles. The van der Waals surface area contributed by atoms with Crippen molar-refractivity contribution >= 4 is 34.2 Å². The average Bonchev–Trinajstić information content (AvgIpc) is 3.47. The van der Waals surface area contributed by atoms with Gasteiger partial charge in [-0.15, -0.1) is 5.10 Å². The molecule has 1 amide bonds. The number of aromatic nitrogens is 3. The highest BCUT2D eigenvalue weighted by Gasteiger charge is 2.14. The van der Waals surface area contributed by atoms with Gasteiger partial charge in [-0.2, -0.15) is 0 Å². The highest BCUT2D eigenvalue weighted by molar-refractivity contribution is 6.30. The number of amides is 1. The van der Waals surface area contributed by atoms with Crippen LogP contribution in [0.3, 0.4) is 0 Å². The summed E-state index contributed by atoms with van der Waals surface area (Å²) in [6, 6.07) is 24.6. The number of halogens is 1. The molecule has 0 unspecified atom stereocenters. The molecule has 0 bridgehead atoms. The Balaban J connectivity index is 1.20. The smallest absolute Gasteiger partial charge is 0.293 e. The van der Waals surface area contributed by atoms with Crippen molar-refractivity contribution in [2.45, 2.75) is 13.2 Å². The normalized spacial score (nSPS) is 10.9. The maximum absolute atomic E-state index is 12.5. The van der Waals surface area contributed by atoms with Gasteiger partial charge in [-0.3, -0.25) is 10.1 Å². The molecule has 0 aliphatic rings. The lowest BCUT2D eigenvalue weighted by molar-refractivity contribution is 0.0991. The van der Waals surface area contributed by atoms with Gasteiger partial charge < -0.3 is 9.15 Å². The molecule has 2 aromatic heterocycles. The van der Waals surface area contributed by atoms with Crippen LogP contribution in [0.5, 0.6) is 5.75 Å². The Hall–Kier alpha value is -4.10. The molecule has 1 N–H and O–H groups in total. The Labute approximate surface area is 194 Å². The molecule has 0 aliphatic carbocycles. The minimum absolute atomic E-state index is 0.151. The summed E-state index contributed by atoms with van der Waals surface area (Å²) in [6.07, 6.45) is 1.54. The van der Waals surface area contributed by atoms with Crippen molar-refractivity contribution in [3.05, 3.63) is 107 Å². The summed E-state index contributed by atoms with van der Waals surface area (Å²) in [5, 5.41) is 9.68. The van der Waals surface area contributed by atoms with Gasteiger partial charge in [-0.1, -0.05) is 60.1 Å². The van der Waals surface area contributed by atoms with E-state index in [1.54, 1.807) is 23.1 Å². The van der Waals surface area contributed by atoms with Gasteiger partial charge in [0.2, 0.25) is 5.95 Å². The van der Waals surface area contributed by atoms with Crippen molar-refractivity contribution in [2.75, 3.05) is 5.32 Å². The van der Waals surface area contributed by atoms with E-state index >= 15 is 0 Å². The zero-order chi connectivity index (χ0) is 22.6. The number of furan rings is 1. The Bertz CT molecular complexity index is 1420. The van der Waals surface area contributed by atoms with Crippen molar-refractivity contribution in [2.24, 2.45) is 0 Å². The highest BCUT2D eigenvalue weighted by atomic mass is 35.5. The molecule has 0 fully saturated rings. The number of carbonyl (C=O) groups excluding carboxylic acids is 1. The number of nitrogens with one attached hydrogen (secondary N) is 1. The summed E-state index contributed by atoms with van der Waals surface area (Å²) in [4.78, 5) is 16.7. The SMILES string of the molecule is O=C(Nc1ncn(Cc2cccc(Cl)c2)n1)c1ccc(COc2cccc3ccccc23)o1. The molecule has 5 rings (SSSR count). The predicted molar refractivity (Wildman–Crippen MR) is 126 cm³/mol. The average molecular weight is 459 g/mol. The van der Waals surface area contributed by atoms with E-state index in [9.17, 15) is 4.79 Å². The monoisotopic (exact) mass is 458 g/mol.